The van der Waals surface area contributed by atoms with E-state index in [1.807, 2.05) is 77.9 Å². The van der Waals surface area contributed by atoms with Gasteiger partial charge < -0.3 is 4.90 Å². The first kappa shape index (κ1) is 24.0. The van der Waals surface area contributed by atoms with Crippen LogP contribution in [0.5, 0.6) is 0 Å². The zero-order chi connectivity index (χ0) is 24.2. The number of aromatic nitrogens is 3. The Morgan fingerprint density at radius 3 is 2.47 bits per heavy atom. The summed E-state index contributed by atoms with van der Waals surface area (Å²) in [7, 11) is 0. The number of anilines is 1. The predicted molar refractivity (Wildman–Crippen MR) is 141 cm³/mol. The van der Waals surface area contributed by atoms with Crippen molar-refractivity contribution in [1.29, 1.82) is 0 Å². The van der Waals surface area contributed by atoms with Crippen molar-refractivity contribution in [2.45, 2.75) is 38.9 Å². The van der Waals surface area contributed by atoms with Crippen LogP contribution in [0, 0.1) is 13.8 Å². The van der Waals surface area contributed by atoms with Crippen molar-refractivity contribution in [3.63, 3.8) is 0 Å². The number of hydrogen-bond acceptors (Lipinski definition) is 4. The van der Waals surface area contributed by atoms with Crippen molar-refractivity contribution < 1.29 is 4.79 Å². The number of carbonyl (C=O) groups excluding carboxylic acids is 1. The smallest absolute Gasteiger partial charge is 0.237 e. The third-order valence-electron chi connectivity index (χ3n) is 5.47. The summed E-state index contributed by atoms with van der Waals surface area (Å²) >= 11 is 7.66. The minimum absolute atomic E-state index is 0.0195. The van der Waals surface area contributed by atoms with Crippen LogP contribution in [0.15, 0.2) is 78.0 Å². The van der Waals surface area contributed by atoms with Crippen LogP contribution in [-0.2, 0) is 4.79 Å². The van der Waals surface area contributed by atoms with E-state index < -0.39 is 0 Å². The number of para-hydroxylation sites is 1. The Morgan fingerprint density at radius 1 is 1.00 bits per heavy atom. The van der Waals surface area contributed by atoms with Crippen LogP contribution in [0.3, 0.4) is 0 Å². The zero-order valence-electron chi connectivity index (χ0n) is 19.7. The first-order valence-electron chi connectivity index (χ1n) is 11.1. The first-order valence-corrected chi connectivity index (χ1v) is 12.5. The molecule has 0 unspecified atom stereocenters. The fourth-order valence-corrected chi connectivity index (χ4v) is 4.86. The minimum Gasteiger partial charge on any atom is -0.309 e. The van der Waals surface area contributed by atoms with E-state index >= 15 is 0 Å². The molecule has 34 heavy (non-hydrogen) atoms. The van der Waals surface area contributed by atoms with E-state index in [0.717, 1.165) is 28.1 Å². The molecule has 0 aliphatic carbocycles. The quantitative estimate of drug-likeness (QED) is 0.269. The van der Waals surface area contributed by atoms with Crippen molar-refractivity contribution in [2.75, 3.05) is 10.7 Å². The van der Waals surface area contributed by atoms with E-state index in [9.17, 15) is 4.79 Å². The molecule has 4 aromatic rings. The second kappa shape index (κ2) is 10.5. The Bertz CT molecular complexity index is 1300. The number of benzene rings is 3. The Labute approximate surface area is 209 Å². The molecule has 0 radical (unpaired) electrons. The van der Waals surface area contributed by atoms with Gasteiger partial charge in [-0.05, 0) is 69.2 Å². The highest BCUT2D eigenvalue weighted by Gasteiger charge is 2.22. The molecular formula is C27H27ClN4OS. The summed E-state index contributed by atoms with van der Waals surface area (Å²) in [5.74, 6) is 0.951. The lowest BCUT2D eigenvalue weighted by molar-refractivity contribution is -0.116. The molecular weight excluding hydrogens is 464 g/mol. The van der Waals surface area contributed by atoms with E-state index in [4.69, 9.17) is 11.6 Å². The van der Waals surface area contributed by atoms with Crippen LogP contribution in [0.25, 0.3) is 17.1 Å². The number of amides is 1. The number of halogens is 1. The third kappa shape index (κ3) is 5.18. The van der Waals surface area contributed by atoms with Crippen LogP contribution in [-0.4, -0.2) is 32.5 Å². The highest BCUT2D eigenvalue weighted by atomic mass is 35.5. The van der Waals surface area contributed by atoms with Gasteiger partial charge in [-0.1, -0.05) is 65.8 Å². The van der Waals surface area contributed by atoms with Crippen LogP contribution in [0.1, 0.15) is 25.0 Å². The van der Waals surface area contributed by atoms with Gasteiger partial charge in [0.2, 0.25) is 5.91 Å². The molecule has 0 aliphatic heterocycles. The average molecular weight is 491 g/mol. The molecule has 0 atom stereocenters. The molecule has 5 nitrogen and oxygen atoms in total. The van der Waals surface area contributed by atoms with Crippen molar-refractivity contribution in [3.8, 4) is 17.1 Å². The van der Waals surface area contributed by atoms with Crippen molar-refractivity contribution >= 4 is 35.0 Å². The molecule has 1 amide bonds. The third-order valence-corrected chi connectivity index (χ3v) is 6.61. The summed E-state index contributed by atoms with van der Waals surface area (Å²) in [4.78, 5) is 15.1. The van der Waals surface area contributed by atoms with Gasteiger partial charge in [-0.15, -0.1) is 10.2 Å². The topological polar surface area (TPSA) is 51.0 Å². The Kier molecular flexibility index (Phi) is 7.39. The Morgan fingerprint density at radius 2 is 1.76 bits per heavy atom. The molecule has 0 fully saturated rings. The molecule has 0 saturated heterocycles. The van der Waals surface area contributed by atoms with Gasteiger partial charge in [-0.2, -0.15) is 0 Å². The SMILES string of the molecule is Cc1ccc(C)c(-n2c(SCC(=O)N(c3ccccc3)C(C)C)nnc2-c2cccc(Cl)c2)c1. The van der Waals surface area contributed by atoms with Crippen molar-refractivity contribution in [1.82, 2.24) is 14.8 Å². The summed E-state index contributed by atoms with van der Waals surface area (Å²) in [6, 6.07) is 23.6. The van der Waals surface area contributed by atoms with Gasteiger partial charge in [0, 0.05) is 22.3 Å². The summed E-state index contributed by atoms with van der Waals surface area (Å²) in [5.41, 5.74) is 4.97. The standard InChI is InChI=1S/C27H27ClN4OS/c1-18(2)31(23-11-6-5-7-12-23)25(33)17-34-27-30-29-26(21-9-8-10-22(28)16-21)32(27)24-15-19(3)13-14-20(24)4/h5-16,18H,17H2,1-4H3. The molecule has 174 valence electrons. The van der Waals surface area contributed by atoms with Crippen LogP contribution < -0.4 is 4.90 Å². The van der Waals surface area contributed by atoms with E-state index in [2.05, 4.69) is 42.2 Å². The molecule has 1 aromatic heterocycles. The fraction of sp³-hybridized carbons (Fsp3) is 0.222. The van der Waals surface area contributed by atoms with Gasteiger partial charge in [0.25, 0.3) is 0 Å². The van der Waals surface area contributed by atoms with Crippen LogP contribution in [0.4, 0.5) is 5.69 Å². The lowest BCUT2D eigenvalue weighted by Gasteiger charge is -2.26. The lowest BCUT2D eigenvalue weighted by Crippen LogP contribution is -2.38. The highest BCUT2D eigenvalue weighted by Crippen LogP contribution is 2.31. The Hall–Kier alpha value is -3.09. The first-order chi connectivity index (χ1) is 16.3. The largest absolute Gasteiger partial charge is 0.309 e. The van der Waals surface area contributed by atoms with E-state index in [1.165, 1.54) is 11.8 Å². The van der Waals surface area contributed by atoms with Crippen molar-refractivity contribution in [2.24, 2.45) is 0 Å². The normalized spacial score (nSPS) is 11.1. The minimum atomic E-state index is 0.0195. The molecule has 7 heteroatoms. The summed E-state index contributed by atoms with van der Waals surface area (Å²) in [5, 5.41) is 10.3. The van der Waals surface area contributed by atoms with Gasteiger partial charge >= 0.3 is 0 Å². The molecule has 1 heterocycles. The van der Waals surface area contributed by atoms with Crippen LogP contribution >= 0.6 is 23.4 Å². The number of thioether (sulfide) groups is 1. The monoisotopic (exact) mass is 490 g/mol. The number of carbonyl (C=O) groups is 1. The van der Waals surface area contributed by atoms with Gasteiger partial charge in [0.1, 0.15) is 0 Å². The summed E-state index contributed by atoms with van der Waals surface area (Å²) in [6.07, 6.45) is 0. The number of nitrogens with zero attached hydrogens (tertiary/aromatic N) is 4. The average Bonchev–Trinajstić information content (AvgIpc) is 3.23. The summed E-state index contributed by atoms with van der Waals surface area (Å²) < 4.78 is 2.02. The van der Waals surface area contributed by atoms with E-state index in [0.29, 0.717) is 16.0 Å². The molecule has 0 N–H and O–H groups in total. The van der Waals surface area contributed by atoms with Gasteiger partial charge in [0.05, 0.1) is 11.4 Å². The van der Waals surface area contributed by atoms with Gasteiger partial charge in [0.15, 0.2) is 11.0 Å². The molecule has 3 aromatic carbocycles. The molecule has 0 bridgehead atoms. The fourth-order valence-electron chi connectivity index (χ4n) is 3.87. The van der Waals surface area contributed by atoms with E-state index in [1.54, 1.807) is 0 Å². The number of aryl methyl sites for hydroxylation is 2. The molecule has 4 rings (SSSR count). The maximum Gasteiger partial charge on any atom is 0.237 e. The van der Waals surface area contributed by atoms with E-state index in [-0.39, 0.29) is 17.7 Å². The lowest BCUT2D eigenvalue weighted by atomic mass is 10.1. The predicted octanol–water partition coefficient (Wildman–Crippen LogP) is 6.74. The van der Waals surface area contributed by atoms with Crippen molar-refractivity contribution in [3.05, 3.63) is 88.9 Å². The zero-order valence-corrected chi connectivity index (χ0v) is 21.3. The second-order valence-corrected chi connectivity index (χ2v) is 9.80. The second-order valence-electron chi connectivity index (χ2n) is 8.42. The highest BCUT2D eigenvalue weighted by molar-refractivity contribution is 7.99. The Balaban J connectivity index is 1.71. The van der Waals surface area contributed by atoms with Crippen LogP contribution in [0.2, 0.25) is 5.02 Å². The molecule has 0 spiro atoms. The number of rotatable bonds is 7. The maximum absolute atomic E-state index is 13.3. The molecule has 0 aliphatic rings. The van der Waals surface area contributed by atoms with Gasteiger partial charge in [-0.25, -0.2) is 0 Å². The maximum atomic E-state index is 13.3. The number of hydrogen-bond donors (Lipinski definition) is 0. The summed E-state index contributed by atoms with van der Waals surface area (Å²) in [6.45, 7) is 8.16. The molecule has 0 saturated carbocycles. The van der Waals surface area contributed by atoms with Gasteiger partial charge in [-0.3, -0.25) is 9.36 Å².